The lowest BCUT2D eigenvalue weighted by Crippen LogP contribution is -2.55. The second-order valence-electron chi connectivity index (χ2n) is 5.69. The molecule has 7 heteroatoms. The fourth-order valence-corrected chi connectivity index (χ4v) is 2.23. The summed E-state index contributed by atoms with van der Waals surface area (Å²) in [5.74, 6) is -0.909. The van der Waals surface area contributed by atoms with Gasteiger partial charge < -0.3 is 20.6 Å². The second-order valence-corrected chi connectivity index (χ2v) is 5.69. The van der Waals surface area contributed by atoms with Gasteiger partial charge in [-0.2, -0.15) is 0 Å². The molecule has 0 aromatic carbocycles. The Morgan fingerprint density at radius 1 is 1.30 bits per heavy atom. The van der Waals surface area contributed by atoms with E-state index in [4.69, 9.17) is 5.11 Å². The number of rotatable bonds is 6. The Kier molecular flexibility index (Phi) is 6.74. The summed E-state index contributed by atoms with van der Waals surface area (Å²) in [6, 6.07) is 0.0832. The molecule has 1 heterocycles. The third kappa shape index (κ3) is 6.21. The maximum atomic E-state index is 11.7. The highest BCUT2D eigenvalue weighted by molar-refractivity contribution is 5.74. The van der Waals surface area contributed by atoms with Gasteiger partial charge in [0.1, 0.15) is 0 Å². The minimum absolute atomic E-state index is 0.0659. The van der Waals surface area contributed by atoms with Gasteiger partial charge in [0, 0.05) is 45.2 Å². The molecule has 3 N–H and O–H groups in total. The number of carboxylic acids is 1. The second kappa shape index (κ2) is 8.06. The first-order valence-electron chi connectivity index (χ1n) is 7.00. The molecule has 0 saturated carbocycles. The van der Waals surface area contributed by atoms with E-state index >= 15 is 0 Å². The summed E-state index contributed by atoms with van der Waals surface area (Å²) in [5.41, 5.74) is 0. The van der Waals surface area contributed by atoms with Crippen LogP contribution in [0.25, 0.3) is 0 Å². The first kappa shape index (κ1) is 16.7. The van der Waals surface area contributed by atoms with Gasteiger partial charge in [0.05, 0.1) is 0 Å². The minimum Gasteiger partial charge on any atom is -0.481 e. The van der Waals surface area contributed by atoms with Crippen LogP contribution in [0, 0.1) is 5.92 Å². The molecule has 0 bridgehead atoms. The van der Waals surface area contributed by atoms with Gasteiger partial charge in [-0.25, -0.2) is 4.79 Å². The van der Waals surface area contributed by atoms with E-state index in [9.17, 15) is 9.59 Å². The zero-order chi connectivity index (χ0) is 15.1. The van der Waals surface area contributed by atoms with E-state index in [2.05, 4.69) is 34.5 Å². The number of carbonyl (C=O) groups excluding carboxylic acids is 1. The molecule has 116 valence electrons. The molecule has 0 aliphatic carbocycles. The molecular weight excluding hydrogens is 260 g/mol. The topological polar surface area (TPSA) is 84.9 Å². The van der Waals surface area contributed by atoms with Gasteiger partial charge in [-0.1, -0.05) is 6.92 Å². The highest BCUT2D eigenvalue weighted by Crippen LogP contribution is 2.04. The van der Waals surface area contributed by atoms with E-state index in [0.29, 0.717) is 19.1 Å². The van der Waals surface area contributed by atoms with Gasteiger partial charge in [-0.05, 0) is 20.0 Å². The molecule has 1 saturated heterocycles. The molecule has 7 nitrogen and oxygen atoms in total. The van der Waals surface area contributed by atoms with E-state index < -0.39 is 5.97 Å². The highest BCUT2D eigenvalue weighted by Gasteiger charge is 2.22. The molecule has 2 amide bonds. The average molecular weight is 286 g/mol. The number of nitrogens with one attached hydrogen (secondary N) is 2. The van der Waals surface area contributed by atoms with Crippen molar-refractivity contribution in [1.29, 1.82) is 0 Å². The zero-order valence-corrected chi connectivity index (χ0v) is 12.6. The molecule has 20 heavy (non-hydrogen) atoms. The number of aliphatic carboxylic acids is 1. The van der Waals surface area contributed by atoms with E-state index in [0.717, 1.165) is 19.6 Å². The summed E-state index contributed by atoms with van der Waals surface area (Å²) in [6.07, 6.45) is 0.0659. The van der Waals surface area contributed by atoms with Gasteiger partial charge in [-0.3, -0.25) is 9.69 Å². The Labute approximate surface area is 120 Å². The van der Waals surface area contributed by atoms with Gasteiger partial charge >= 0.3 is 12.0 Å². The maximum Gasteiger partial charge on any atom is 0.314 e. The normalized spacial score (nSPS) is 22.2. The van der Waals surface area contributed by atoms with Crippen LogP contribution in [-0.4, -0.2) is 79.8 Å². The third-order valence-electron chi connectivity index (χ3n) is 3.61. The lowest BCUT2D eigenvalue weighted by Gasteiger charge is -2.37. The van der Waals surface area contributed by atoms with Crippen molar-refractivity contribution in [2.75, 3.05) is 46.8 Å². The van der Waals surface area contributed by atoms with E-state index in [1.807, 2.05) is 0 Å². The fourth-order valence-electron chi connectivity index (χ4n) is 2.23. The molecule has 1 aliphatic rings. The Morgan fingerprint density at radius 2 is 2.00 bits per heavy atom. The van der Waals surface area contributed by atoms with Crippen LogP contribution in [0.4, 0.5) is 4.79 Å². The number of carboxylic acid groups (broad SMARTS) is 1. The largest absolute Gasteiger partial charge is 0.481 e. The minimum atomic E-state index is -0.841. The molecule has 1 fully saturated rings. The first-order valence-corrected chi connectivity index (χ1v) is 7.00. The number of urea groups is 1. The highest BCUT2D eigenvalue weighted by atomic mass is 16.4. The van der Waals surface area contributed by atoms with Crippen molar-refractivity contribution in [2.45, 2.75) is 19.4 Å². The van der Waals surface area contributed by atoms with Gasteiger partial charge in [-0.15, -0.1) is 0 Å². The number of amides is 2. The molecule has 1 aliphatic heterocycles. The summed E-state index contributed by atoms with van der Waals surface area (Å²) in [5, 5.41) is 14.2. The number of hydrogen-bond donors (Lipinski definition) is 3. The predicted molar refractivity (Wildman–Crippen MR) is 76.7 cm³/mol. The van der Waals surface area contributed by atoms with Crippen LogP contribution in [0.5, 0.6) is 0 Å². The number of piperazine rings is 1. The smallest absolute Gasteiger partial charge is 0.314 e. The van der Waals surface area contributed by atoms with Crippen LogP contribution in [0.15, 0.2) is 0 Å². The Bertz CT molecular complexity index is 338. The Morgan fingerprint density at radius 3 is 2.65 bits per heavy atom. The van der Waals surface area contributed by atoms with Gasteiger partial charge in [0.2, 0.25) is 0 Å². The number of carbonyl (C=O) groups is 2. The zero-order valence-electron chi connectivity index (χ0n) is 12.6. The summed E-state index contributed by atoms with van der Waals surface area (Å²) in [6.45, 7) is 5.76. The van der Waals surface area contributed by atoms with Crippen molar-refractivity contribution < 1.29 is 14.7 Å². The fraction of sp³-hybridized carbons (Fsp3) is 0.846. The quantitative estimate of drug-likeness (QED) is 0.621. The van der Waals surface area contributed by atoms with Crippen LogP contribution in [0.1, 0.15) is 13.3 Å². The standard InChI is InChI=1S/C13H26N4O3/c1-10(6-12(18)19)7-14-13(20)15-8-11-9-16(2)4-5-17(11)3/h10-11H,4-9H2,1-3H3,(H,18,19)(H2,14,15,20). The van der Waals surface area contributed by atoms with Gasteiger partial charge in [0.15, 0.2) is 0 Å². The van der Waals surface area contributed by atoms with Crippen molar-refractivity contribution in [1.82, 2.24) is 20.4 Å². The third-order valence-corrected chi connectivity index (χ3v) is 3.61. The number of nitrogens with zero attached hydrogens (tertiary/aromatic N) is 2. The molecule has 1 rings (SSSR count). The summed E-state index contributed by atoms with van der Waals surface area (Å²) < 4.78 is 0. The molecule has 0 radical (unpaired) electrons. The van der Waals surface area contributed by atoms with Crippen LogP contribution in [0.2, 0.25) is 0 Å². The number of hydrogen-bond acceptors (Lipinski definition) is 4. The maximum absolute atomic E-state index is 11.7. The van der Waals surface area contributed by atoms with E-state index in [-0.39, 0.29) is 18.4 Å². The first-order chi connectivity index (χ1) is 9.38. The Balaban J connectivity index is 2.20. The monoisotopic (exact) mass is 286 g/mol. The predicted octanol–water partition coefficient (Wildman–Crippen LogP) is -0.358. The van der Waals surface area contributed by atoms with Crippen LogP contribution in [-0.2, 0) is 4.79 Å². The van der Waals surface area contributed by atoms with E-state index in [1.54, 1.807) is 6.92 Å². The molecule has 0 spiro atoms. The van der Waals surface area contributed by atoms with Gasteiger partial charge in [0.25, 0.3) is 0 Å². The molecular formula is C13H26N4O3. The number of likely N-dealkylation sites (N-methyl/N-ethyl adjacent to an activating group) is 2. The lowest BCUT2D eigenvalue weighted by molar-refractivity contribution is -0.137. The van der Waals surface area contributed by atoms with Crippen LogP contribution < -0.4 is 10.6 Å². The molecule has 2 atom stereocenters. The van der Waals surface area contributed by atoms with E-state index in [1.165, 1.54) is 0 Å². The SMILES string of the molecule is CC(CNC(=O)NCC1CN(C)CCN1C)CC(=O)O. The van der Waals surface area contributed by atoms with Crippen LogP contribution in [0.3, 0.4) is 0 Å². The Hall–Kier alpha value is -1.34. The molecule has 0 aromatic heterocycles. The van der Waals surface area contributed by atoms with Crippen molar-refractivity contribution in [3.63, 3.8) is 0 Å². The molecule has 0 aromatic rings. The van der Waals surface area contributed by atoms with Crippen molar-refractivity contribution >= 4 is 12.0 Å². The average Bonchev–Trinajstić information content (AvgIpc) is 2.36. The van der Waals surface area contributed by atoms with Crippen molar-refractivity contribution in [3.05, 3.63) is 0 Å². The summed E-state index contributed by atoms with van der Waals surface area (Å²) in [4.78, 5) is 26.7. The lowest BCUT2D eigenvalue weighted by atomic mass is 10.1. The summed E-state index contributed by atoms with van der Waals surface area (Å²) >= 11 is 0. The molecule has 2 unspecified atom stereocenters. The van der Waals surface area contributed by atoms with Crippen LogP contribution >= 0.6 is 0 Å². The van der Waals surface area contributed by atoms with Crippen molar-refractivity contribution in [2.24, 2.45) is 5.92 Å². The van der Waals surface area contributed by atoms with Crippen molar-refractivity contribution in [3.8, 4) is 0 Å². The summed E-state index contributed by atoms with van der Waals surface area (Å²) in [7, 11) is 4.14.